The number of aromatic carboxylic acids is 1. The molecule has 0 aliphatic carbocycles. The number of hydrogen-bond acceptors (Lipinski definition) is 5. The van der Waals surface area contributed by atoms with Crippen LogP contribution in [0.25, 0.3) is 10.9 Å². The number of aromatic nitrogens is 1. The lowest BCUT2D eigenvalue weighted by molar-refractivity contribution is 0.0697. The summed E-state index contributed by atoms with van der Waals surface area (Å²) in [5, 5.41) is 12.9. The average Bonchev–Trinajstić information content (AvgIpc) is 2.71. The third-order valence-electron chi connectivity index (χ3n) is 3.79. The van der Waals surface area contributed by atoms with Gasteiger partial charge in [0.25, 0.3) is 0 Å². The fourth-order valence-electron chi connectivity index (χ4n) is 2.70. The first-order valence-corrected chi connectivity index (χ1v) is 7.05. The van der Waals surface area contributed by atoms with Crippen LogP contribution in [0.5, 0.6) is 17.2 Å². The van der Waals surface area contributed by atoms with Crippen molar-refractivity contribution < 1.29 is 23.8 Å². The first-order chi connectivity index (χ1) is 11.6. The lowest BCUT2D eigenvalue weighted by Gasteiger charge is -2.11. The third-order valence-corrected chi connectivity index (χ3v) is 3.79. The normalized spacial score (nSPS) is 11.9. The van der Waals surface area contributed by atoms with E-state index in [-0.39, 0.29) is 11.3 Å². The Bertz CT molecular complexity index is 1000. The number of carboxylic acids is 1. The zero-order valence-corrected chi connectivity index (χ0v) is 12.5. The van der Waals surface area contributed by atoms with Crippen LogP contribution < -0.4 is 14.8 Å². The van der Waals surface area contributed by atoms with Gasteiger partial charge in [0, 0.05) is 24.4 Å². The molecule has 1 aliphatic heterocycles. The Hall–Kier alpha value is -3.35. The van der Waals surface area contributed by atoms with Crippen LogP contribution in [-0.2, 0) is 0 Å². The van der Waals surface area contributed by atoms with Gasteiger partial charge in [-0.3, -0.25) is 4.98 Å². The molecule has 0 fully saturated rings. The molecule has 7 heteroatoms. The molecule has 1 aromatic heterocycles. The van der Waals surface area contributed by atoms with E-state index >= 15 is 0 Å². The Morgan fingerprint density at radius 2 is 2.12 bits per heavy atom. The van der Waals surface area contributed by atoms with Gasteiger partial charge < -0.3 is 19.9 Å². The van der Waals surface area contributed by atoms with Crippen LogP contribution in [0, 0.1) is 5.82 Å². The number of nitrogens with zero attached hydrogens (tertiary/aromatic N) is 1. The SMILES string of the molecule is COc1ccc2c(c1)Nc1c(C(=O)O)cnc3cc(F)cc(c13)O2. The Morgan fingerprint density at radius 1 is 1.29 bits per heavy atom. The van der Waals surface area contributed by atoms with Crippen LogP contribution in [0.3, 0.4) is 0 Å². The monoisotopic (exact) mass is 326 g/mol. The van der Waals surface area contributed by atoms with Crippen LogP contribution in [0.15, 0.2) is 36.5 Å². The number of rotatable bonds is 2. The second-order valence-electron chi connectivity index (χ2n) is 5.24. The Balaban J connectivity index is 2.06. The maximum absolute atomic E-state index is 13.8. The highest BCUT2D eigenvalue weighted by atomic mass is 19.1. The molecule has 0 spiro atoms. The van der Waals surface area contributed by atoms with E-state index in [2.05, 4.69) is 10.3 Å². The lowest BCUT2D eigenvalue weighted by atomic mass is 10.1. The lowest BCUT2D eigenvalue weighted by Crippen LogP contribution is -2.04. The fraction of sp³-hybridized carbons (Fsp3) is 0.0588. The highest BCUT2D eigenvalue weighted by Crippen LogP contribution is 2.45. The molecule has 0 bridgehead atoms. The minimum absolute atomic E-state index is 0.0328. The minimum atomic E-state index is -1.14. The number of pyridine rings is 1. The van der Waals surface area contributed by atoms with Crippen molar-refractivity contribution in [2.24, 2.45) is 0 Å². The number of halogens is 1. The summed E-state index contributed by atoms with van der Waals surface area (Å²) < 4.78 is 24.8. The molecule has 0 unspecified atom stereocenters. The van der Waals surface area contributed by atoms with Crippen LogP contribution in [-0.4, -0.2) is 23.2 Å². The molecular weight excluding hydrogens is 315 g/mol. The number of carbonyl (C=O) groups is 1. The number of ether oxygens (including phenoxy) is 2. The molecule has 120 valence electrons. The summed E-state index contributed by atoms with van der Waals surface area (Å²) in [6.07, 6.45) is 1.20. The summed E-state index contributed by atoms with van der Waals surface area (Å²) in [5.74, 6) is -0.462. The van der Waals surface area contributed by atoms with Crippen molar-refractivity contribution in [1.29, 1.82) is 0 Å². The number of methoxy groups -OCH3 is 1. The Kier molecular flexibility index (Phi) is 3.02. The van der Waals surface area contributed by atoms with Crippen molar-refractivity contribution in [3.63, 3.8) is 0 Å². The molecule has 2 N–H and O–H groups in total. The maximum Gasteiger partial charge on any atom is 0.339 e. The minimum Gasteiger partial charge on any atom is -0.497 e. The van der Waals surface area contributed by atoms with Crippen molar-refractivity contribution in [1.82, 2.24) is 4.98 Å². The summed E-state index contributed by atoms with van der Waals surface area (Å²) in [6.45, 7) is 0. The topological polar surface area (TPSA) is 80.7 Å². The molecular formula is C17H11FN2O4. The van der Waals surface area contributed by atoms with Gasteiger partial charge in [-0.05, 0) is 12.1 Å². The molecule has 4 rings (SSSR count). The highest BCUT2D eigenvalue weighted by molar-refractivity contribution is 6.08. The molecule has 0 saturated heterocycles. The molecule has 0 amide bonds. The summed E-state index contributed by atoms with van der Waals surface area (Å²) in [7, 11) is 1.52. The van der Waals surface area contributed by atoms with Gasteiger partial charge in [-0.2, -0.15) is 0 Å². The van der Waals surface area contributed by atoms with E-state index < -0.39 is 11.8 Å². The molecule has 0 saturated carbocycles. The van der Waals surface area contributed by atoms with Crippen molar-refractivity contribution in [2.45, 2.75) is 0 Å². The predicted molar refractivity (Wildman–Crippen MR) is 85.0 cm³/mol. The number of anilines is 2. The number of fused-ring (bicyclic) bond motifs is 1. The molecule has 0 radical (unpaired) electrons. The second kappa shape index (κ2) is 5.09. The van der Waals surface area contributed by atoms with E-state index in [9.17, 15) is 14.3 Å². The van der Waals surface area contributed by atoms with Gasteiger partial charge in [-0.25, -0.2) is 9.18 Å². The zero-order chi connectivity index (χ0) is 16.8. The van der Waals surface area contributed by atoms with Crippen molar-refractivity contribution >= 4 is 28.2 Å². The number of nitrogens with one attached hydrogen (secondary N) is 1. The van der Waals surface area contributed by atoms with E-state index in [0.29, 0.717) is 33.8 Å². The zero-order valence-electron chi connectivity index (χ0n) is 12.5. The molecule has 0 atom stereocenters. The van der Waals surface area contributed by atoms with E-state index in [1.54, 1.807) is 18.2 Å². The molecule has 24 heavy (non-hydrogen) atoms. The molecule has 1 aliphatic rings. The Labute approximate surface area is 135 Å². The molecule has 6 nitrogen and oxygen atoms in total. The summed E-state index contributed by atoms with van der Waals surface area (Å²) >= 11 is 0. The smallest absolute Gasteiger partial charge is 0.339 e. The standard InChI is InChI=1S/C17H11FN2O4/c1-23-9-2-3-13-11(6-9)20-16-10(17(21)22)7-19-12-4-8(18)5-14(24-13)15(12)16/h2-7,20H,1H3,(H,21,22). The quantitative estimate of drug-likeness (QED) is 0.581. The van der Waals surface area contributed by atoms with E-state index in [1.165, 1.54) is 25.4 Å². The van der Waals surface area contributed by atoms with Gasteiger partial charge in [-0.1, -0.05) is 0 Å². The molecule has 2 aromatic carbocycles. The number of carboxylic acid groups (broad SMARTS) is 1. The van der Waals surface area contributed by atoms with Gasteiger partial charge in [-0.15, -0.1) is 0 Å². The van der Waals surface area contributed by atoms with Gasteiger partial charge in [0.1, 0.15) is 22.9 Å². The molecule has 2 heterocycles. The average molecular weight is 326 g/mol. The van der Waals surface area contributed by atoms with Gasteiger partial charge in [0.05, 0.1) is 29.4 Å². The van der Waals surface area contributed by atoms with Gasteiger partial charge in [0.15, 0.2) is 5.75 Å². The highest BCUT2D eigenvalue weighted by Gasteiger charge is 2.24. The Morgan fingerprint density at radius 3 is 2.88 bits per heavy atom. The van der Waals surface area contributed by atoms with Crippen molar-refractivity contribution in [3.8, 4) is 17.2 Å². The first-order valence-electron chi connectivity index (χ1n) is 7.05. The molecule has 3 aromatic rings. The van der Waals surface area contributed by atoms with Crippen LogP contribution in [0.2, 0.25) is 0 Å². The summed E-state index contributed by atoms with van der Waals surface area (Å²) in [4.78, 5) is 15.6. The summed E-state index contributed by atoms with van der Waals surface area (Å²) in [6, 6.07) is 7.48. The third kappa shape index (κ3) is 2.10. The van der Waals surface area contributed by atoms with Crippen molar-refractivity contribution in [3.05, 3.63) is 47.9 Å². The summed E-state index contributed by atoms with van der Waals surface area (Å²) in [5.41, 5.74) is 1.09. The predicted octanol–water partition coefficient (Wildman–Crippen LogP) is 3.93. The van der Waals surface area contributed by atoms with Crippen LogP contribution in [0.4, 0.5) is 15.8 Å². The van der Waals surface area contributed by atoms with Crippen molar-refractivity contribution in [2.75, 3.05) is 12.4 Å². The van der Waals surface area contributed by atoms with Crippen LogP contribution >= 0.6 is 0 Å². The van der Waals surface area contributed by atoms with Gasteiger partial charge >= 0.3 is 5.97 Å². The van der Waals surface area contributed by atoms with Gasteiger partial charge in [0.2, 0.25) is 0 Å². The van der Waals surface area contributed by atoms with E-state index in [0.717, 1.165) is 0 Å². The van der Waals surface area contributed by atoms with E-state index in [4.69, 9.17) is 9.47 Å². The first kappa shape index (κ1) is 14.3. The number of hydrogen-bond donors (Lipinski definition) is 2. The van der Waals surface area contributed by atoms with Crippen LogP contribution in [0.1, 0.15) is 10.4 Å². The number of benzene rings is 2. The largest absolute Gasteiger partial charge is 0.497 e. The maximum atomic E-state index is 13.8. The second-order valence-corrected chi connectivity index (χ2v) is 5.24. The fourth-order valence-corrected chi connectivity index (χ4v) is 2.70. The van der Waals surface area contributed by atoms with E-state index in [1.807, 2.05) is 0 Å².